The summed E-state index contributed by atoms with van der Waals surface area (Å²) in [6.07, 6.45) is 5.61. The van der Waals surface area contributed by atoms with Crippen LogP contribution in [-0.4, -0.2) is 17.2 Å². The van der Waals surface area contributed by atoms with Crippen LogP contribution in [0.2, 0.25) is 0 Å². The summed E-state index contributed by atoms with van der Waals surface area (Å²) in [4.78, 5) is 2.54. The highest BCUT2D eigenvalue weighted by molar-refractivity contribution is 5.89. The second-order valence-electron chi connectivity index (χ2n) is 7.27. The van der Waals surface area contributed by atoms with Gasteiger partial charge in [0.2, 0.25) is 0 Å². The van der Waals surface area contributed by atoms with Gasteiger partial charge in [0.15, 0.2) is 6.23 Å². The van der Waals surface area contributed by atoms with Crippen molar-refractivity contribution in [1.82, 2.24) is 4.90 Å². The molecule has 0 bridgehead atoms. The number of fused-ring (bicyclic) bond motifs is 4. The van der Waals surface area contributed by atoms with Crippen LogP contribution < -0.4 is 4.74 Å². The van der Waals surface area contributed by atoms with Crippen LogP contribution in [0.3, 0.4) is 0 Å². The highest BCUT2D eigenvalue weighted by atomic mass is 16.5. The fraction of sp³-hybridized carbons (Fsp3) is 0.250. The lowest BCUT2D eigenvalue weighted by Gasteiger charge is -2.49. The molecule has 3 aromatic rings. The van der Waals surface area contributed by atoms with Crippen LogP contribution in [0.1, 0.15) is 36.4 Å². The fourth-order valence-corrected chi connectivity index (χ4v) is 4.66. The quantitative estimate of drug-likeness (QED) is 0.555. The standard InChI is InChI=1S/C24H23NO/c1-2-19-12-8-14-22-25(19)24(18-10-4-3-5-11-18)23-20-13-7-6-9-17(20)15-16-21(23)26-22/h2-7,9-11,13,15-16,19,22,24H,1,8,12,14H2/t19-,22+,24-/m0/s1. The Bertz CT molecular complexity index is 949. The molecule has 0 aliphatic carbocycles. The summed E-state index contributed by atoms with van der Waals surface area (Å²) in [5.74, 6) is 1.03. The van der Waals surface area contributed by atoms with Crippen molar-refractivity contribution in [3.8, 4) is 5.75 Å². The zero-order valence-corrected chi connectivity index (χ0v) is 14.8. The molecule has 5 rings (SSSR count). The highest BCUT2D eigenvalue weighted by Gasteiger charge is 2.42. The molecule has 3 atom stereocenters. The first-order valence-corrected chi connectivity index (χ1v) is 9.50. The molecular weight excluding hydrogens is 318 g/mol. The molecule has 0 spiro atoms. The molecule has 0 amide bonds. The van der Waals surface area contributed by atoms with E-state index in [4.69, 9.17) is 4.74 Å². The van der Waals surface area contributed by atoms with Gasteiger partial charge in [0, 0.05) is 11.6 Å². The van der Waals surface area contributed by atoms with Crippen molar-refractivity contribution in [1.29, 1.82) is 0 Å². The van der Waals surface area contributed by atoms with Gasteiger partial charge in [0.1, 0.15) is 5.75 Å². The molecule has 2 aliphatic heterocycles. The summed E-state index contributed by atoms with van der Waals surface area (Å²) in [5, 5.41) is 2.55. The number of hydrogen-bond donors (Lipinski definition) is 0. The summed E-state index contributed by atoms with van der Waals surface area (Å²) < 4.78 is 6.51. The number of nitrogens with zero attached hydrogens (tertiary/aromatic N) is 1. The summed E-state index contributed by atoms with van der Waals surface area (Å²) in [6.45, 7) is 4.12. The average molecular weight is 341 g/mol. The lowest BCUT2D eigenvalue weighted by Crippen LogP contribution is -2.53. The molecule has 1 saturated heterocycles. The third kappa shape index (κ3) is 2.37. The van der Waals surface area contributed by atoms with Crippen LogP contribution >= 0.6 is 0 Å². The first-order chi connectivity index (χ1) is 12.9. The Morgan fingerprint density at radius 2 is 1.73 bits per heavy atom. The number of rotatable bonds is 2. The number of benzene rings is 3. The van der Waals surface area contributed by atoms with E-state index in [0.717, 1.165) is 18.6 Å². The van der Waals surface area contributed by atoms with Gasteiger partial charge >= 0.3 is 0 Å². The molecule has 2 heteroatoms. The van der Waals surface area contributed by atoms with Gasteiger partial charge in [-0.15, -0.1) is 6.58 Å². The van der Waals surface area contributed by atoms with Crippen molar-refractivity contribution in [3.63, 3.8) is 0 Å². The van der Waals surface area contributed by atoms with Crippen molar-refractivity contribution in [2.75, 3.05) is 0 Å². The zero-order chi connectivity index (χ0) is 17.5. The lowest BCUT2D eigenvalue weighted by atomic mass is 9.86. The molecule has 2 nitrogen and oxygen atoms in total. The van der Waals surface area contributed by atoms with Gasteiger partial charge in [-0.25, -0.2) is 0 Å². The van der Waals surface area contributed by atoms with E-state index in [2.05, 4.69) is 84.3 Å². The lowest BCUT2D eigenvalue weighted by molar-refractivity contribution is -0.0617. The minimum Gasteiger partial charge on any atom is -0.475 e. The molecule has 2 aliphatic rings. The van der Waals surface area contributed by atoms with Gasteiger partial charge in [0.05, 0.1) is 6.04 Å². The molecule has 0 radical (unpaired) electrons. The zero-order valence-electron chi connectivity index (χ0n) is 14.8. The van der Waals surface area contributed by atoms with Gasteiger partial charge in [-0.3, -0.25) is 4.90 Å². The molecule has 3 aromatic carbocycles. The Hall–Kier alpha value is -2.58. The van der Waals surface area contributed by atoms with Crippen LogP contribution in [0.15, 0.2) is 79.4 Å². The maximum absolute atomic E-state index is 6.51. The van der Waals surface area contributed by atoms with E-state index in [1.165, 1.54) is 28.3 Å². The van der Waals surface area contributed by atoms with Crippen LogP contribution in [-0.2, 0) is 0 Å². The first-order valence-electron chi connectivity index (χ1n) is 9.50. The smallest absolute Gasteiger partial charge is 0.153 e. The topological polar surface area (TPSA) is 12.5 Å². The Kier molecular flexibility index (Phi) is 3.79. The number of hydrogen-bond acceptors (Lipinski definition) is 2. The molecule has 26 heavy (non-hydrogen) atoms. The molecule has 1 fully saturated rings. The third-order valence-corrected chi connectivity index (χ3v) is 5.82. The Morgan fingerprint density at radius 3 is 2.58 bits per heavy atom. The Labute approximate surface area is 154 Å². The molecule has 0 saturated carbocycles. The van der Waals surface area contributed by atoms with Crippen molar-refractivity contribution < 1.29 is 4.74 Å². The van der Waals surface area contributed by atoms with Crippen LogP contribution in [0.4, 0.5) is 0 Å². The second-order valence-corrected chi connectivity index (χ2v) is 7.27. The maximum atomic E-state index is 6.51. The van der Waals surface area contributed by atoms with Crippen molar-refractivity contribution >= 4 is 10.8 Å². The SMILES string of the molecule is C=C[C@H]1CCC[C@H]2Oc3ccc4ccccc4c3[C@H](c3ccccc3)N12. The van der Waals surface area contributed by atoms with Crippen LogP contribution in [0.5, 0.6) is 5.75 Å². The summed E-state index contributed by atoms with van der Waals surface area (Å²) in [5.41, 5.74) is 2.62. The highest BCUT2D eigenvalue weighted by Crippen LogP contribution is 2.48. The van der Waals surface area contributed by atoms with Gasteiger partial charge < -0.3 is 4.74 Å². The largest absolute Gasteiger partial charge is 0.475 e. The molecule has 0 aromatic heterocycles. The summed E-state index contributed by atoms with van der Waals surface area (Å²) >= 11 is 0. The van der Waals surface area contributed by atoms with Gasteiger partial charge in [0.25, 0.3) is 0 Å². The van der Waals surface area contributed by atoms with Crippen LogP contribution in [0.25, 0.3) is 10.8 Å². The minimum absolute atomic E-state index is 0.116. The Morgan fingerprint density at radius 1 is 0.923 bits per heavy atom. The van der Waals surface area contributed by atoms with E-state index in [1.807, 2.05) is 0 Å². The molecule has 2 heterocycles. The monoisotopic (exact) mass is 341 g/mol. The van der Waals surface area contributed by atoms with Gasteiger partial charge in [-0.05, 0) is 41.7 Å². The third-order valence-electron chi connectivity index (χ3n) is 5.82. The van der Waals surface area contributed by atoms with E-state index in [9.17, 15) is 0 Å². The minimum atomic E-state index is 0.116. The normalized spacial score (nSPS) is 25.2. The van der Waals surface area contributed by atoms with Crippen molar-refractivity contribution in [2.45, 2.75) is 37.6 Å². The Balaban J connectivity index is 1.79. The summed E-state index contributed by atoms with van der Waals surface area (Å²) in [7, 11) is 0. The predicted octanol–water partition coefficient (Wildman–Crippen LogP) is 5.69. The molecule has 0 N–H and O–H groups in total. The second kappa shape index (κ2) is 6.30. The molecule has 130 valence electrons. The van der Waals surface area contributed by atoms with E-state index < -0.39 is 0 Å². The van der Waals surface area contributed by atoms with Gasteiger partial charge in [-0.1, -0.05) is 66.7 Å². The van der Waals surface area contributed by atoms with Crippen molar-refractivity contribution in [3.05, 3.63) is 90.5 Å². The van der Waals surface area contributed by atoms with E-state index in [-0.39, 0.29) is 12.3 Å². The average Bonchev–Trinajstić information content (AvgIpc) is 2.72. The summed E-state index contributed by atoms with van der Waals surface area (Å²) in [6, 6.07) is 24.4. The predicted molar refractivity (Wildman–Crippen MR) is 106 cm³/mol. The number of piperidine rings is 1. The fourth-order valence-electron chi connectivity index (χ4n) is 4.66. The maximum Gasteiger partial charge on any atom is 0.153 e. The number of ether oxygens (including phenoxy) is 1. The van der Waals surface area contributed by atoms with E-state index >= 15 is 0 Å². The first kappa shape index (κ1) is 15.7. The van der Waals surface area contributed by atoms with Crippen LogP contribution in [0, 0.1) is 0 Å². The van der Waals surface area contributed by atoms with E-state index in [0.29, 0.717) is 6.04 Å². The molecular formula is C24H23NO. The molecule has 0 unspecified atom stereocenters. The van der Waals surface area contributed by atoms with Gasteiger partial charge in [-0.2, -0.15) is 0 Å². The van der Waals surface area contributed by atoms with E-state index in [1.54, 1.807) is 0 Å². The van der Waals surface area contributed by atoms with Crippen molar-refractivity contribution in [2.24, 2.45) is 0 Å².